The van der Waals surface area contributed by atoms with Crippen LogP contribution in [-0.2, 0) is 13.0 Å². The van der Waals surface area contributed by atoms with Gasteiger partial charge >= 0.3 is 0 Å². The number of thiophene rings is 1. The molecule has 1 aromatic heterocycles. The highest BCUT2D eigenvalue weighted by Crippen LogP contribution is 2.13. The van der Waals surface area contributed by atoms with Crippen molar-refractivity contribution in [3.05, 3.63) is 21.9 Å². The van der Waals surface area contributed by atoms with Crippen LogP contribution in [0, 0.1) is 0 Å². The van der Waals surface area contributed by atoms with E-state index in [0.717, 1.165) is 6.42 Å². The molecule has 58 valence electrons. The van der Waals surface area contributed by atoms with Crippen LogP contribution in [-0.4, -0.2) is 0 Å². The zero-order valence-electron chi connectivity index (χ0n) is 5.96. The smallest absolute Gasteiger partial charge is 0.0273 e. The van der Waals surface area contributed by atoms with E-state index in [1.807, 2.05) is 0 Å². The molecule has 0 saturated carbocycles. The molecule has 0 unspecified atom stereocenters. The first-order chi connectivity index (χ1) is 4.36. The molecule has 1 rings (SSSR count). The fraction of sp³-hybridized carbons (Fsp3) is 0.429. The molecule has 0 saturated heterocycles. The molecule has 2 N–H and O–H groups in total. The summed E-state index contributed by atoms with van der Waals surface area (Å²) < 4.78 is 0. The van der Waals surface area contributed by atoms with E-state index < -0.39 is 0 Å². The Balaban J connectivity index is 0.000000810. The molecule has 1 aromatic rings. The zero-order chi connectivity index (χ0) is 6.69. The number of hydrogen-bond donors (Lipinski definition) is 1. The van der Waals surface area contributed by atoms with Gasteiger partial charge in [0.1, 0.15) is 0 Å². The number of hydrogen-bond acceptors (Lipinski definition) is 2. The van der Waals surface area contributed by atoms with Gasteiger partial charge in [-0.3, -0.25) is 0 Å². The van der Waals surface area contributed by atoms with Gasteiger partial charge in [-0.2, -0.15) is 0 Å². The standard InChI is InChI=1S/C7H11NS.ClH/c1-2-6-3-7(4-8)9-5-6;/h3,5H,2,4,8H2,1H3;1H. The van der Waals surface area contributed by atoms with Gasteiger partial charge in [-0.15, -0.1) is 23.7 Å². The molecule has 0 spiro atoms. The normalized spacial score (nSPS) is 9.00. The molecule has 1 heterocycles. The molecule has 0 fully saturated rings. The Hall–Kier alpha value is -0.0500. The fourth-order valence-corrected chi connectivity index (χ4v) is 1.57. The summed E-state index contributed by atoms with van der Waals surface area (Å²) in [5, 5.41) is 2.17. The Labute approximate surface area is 71.7 Å². The summed E-state index contributed by atoms with van der Waals surface area (Å²) in [6.45, 7) is 2.84. The van der Waals surface area contributed by atoms with Crippen LogP contribution in [0.3, 0.4) is 0 Å². The molecule has 10 heavy (non-hydrogen) atoms. The van der Waals surface area contributed by atoms with Gasteiger partial charge in [-0.05, 0) is 23.4 Å². The van der Waals surface area contributed by atoms with Gasteiger partial charge < -0.3 is 5.73 Å². The minimum Gasteiger partial charge on any atom is -0.326 e. The van der Waals surface area contributed by atoms with E-state index in [0.29, 0.717) is 6.54 Å². The van der Waals surface area contributed by atoms with Crippen molar-refractivity contribution >= 4 is 23.7 Å². The summed E-state index contributed by atoms with van der Waals surface area (Å²) in [6, 6.07) is 2.17. The first-order valence-corrected chi connectivity index (χ1v) is 4.01. The Kier molecular flexibility index (Phi) is 4.69. The topological polar surface area (TPSA) is 26.0 Å². The molecule has 3 heteroatoms. The van der Waals surface area contributed by atoms with Crippen LogP contribution < -0.4 is 5.73 Å². The summed E-state index contributed by atoms with van der Waals surface area (Å²) in [7, 11) is 0. The average molecular weight is 178 g/mol. The van der Waals surface area contributed by atoms with Gasteiger partial charge in [0.25, 0.3) is 0 Å². The molecule has 0 atom stereocenters. The van der Waals surface area contributed by atoms with E-state index >= 15 is 0 Å². The lowest BCUT2D eigenvalue weighted by Gasteiger charge is -1.83. The van der Waals surface area contributed by atoms with Gasteiger partial charge in [-0.1, -0.05) is 6.92 Å². The minimum absolute atomic E-state index is 0. The van der Waals surface area contributed by atoms with Gasteiger partial charge in [0, 0.05) is 11.4 Å². The first-order valence-electron chi connectivity index (χ1n) is 3.13. The second-order valence-corrected chi connectivity index (χ2v) is 2.97. The Morgan fingerprint density at radius 3 is 2.60 bits per heavy atom. The van der Waals surface area contributed by atoms with E-state index in [4.69, 9.17) is 5.73 Å². The third-order valence-corrected chi connectivity index (χ3v) is 2.33. The largest absolute Gasteiger partial charge is 0.326 e. The predicted octanol–water partition coefficient (Wildman–Crippen LogP) is 2.19. The molecule has 0 aliphatic rings. The summed E-state index contributed by atoms with van der Waals surface area (Å²) in [5.41, 5.74) is 6.83. The van der Waals surface area contributed by atoms with Gasteiger partial charge in [0.15, 0.2) is 0 Å². The Morgan fingerprint density at radius 2 is 2.30 bits per heavy atom. The summed E-state index contributed by atoms with van der Waals surface area (Å²) in [4.78, 5) is 1.28. The van der Waals surface area contributed by atoms with E-state index in [9.17, 15) is 0 Å². The summed E-state index contributed by atoms with van der Waals surface area (Å²) in [6.07, 6.45) is 1.12. The van der Waals surface area contributed by atoms with Crippen LogP contribution in [0.2, 0.25) is 0 Å². The van der Waals surface area contributed by atoms with Gasteiger partial charge in [0.05, 0.1) is 0 Å². The molecular weight excluding hydrogens is 166 g/mol. The van der Waals surface area contributed by atoms with Crippen LogP contribution in [0.4, 0.5) is 0 Å². The number of rotatable bonds is 2. The fourth-order valence-electron chi connectivity index (χ4n) is 0.719. The lowest BCUT2D eigenvalue weighted by molar-refractivity contribution is 1.09. The molecular formula is C7H12ClNS. The maximum Gasteiger partial charge on any atom is 0.0273 e. The summed E-state index contributed by atoms with van der Waals surface area (Å²) >= 11 is 1.75. The maximum absolute atomic E-state index is 5.43. The Bertz CT molecular complexity index is 167. The summed E-state index contributed by atoms with van der Waals surface area (Å²) in [5.74, 6) is 0. The zero-order valence-corrected chi connectivity index (χ0v) is 7.60. The number of halogens is 1. The van der Waals surface area contributed by atoms with Crippen LogP contribution >= 0.6 is 23.7 Å². The van der Waals surface area contributed by atoms with E-state index in [-0.39, 0.29) is 12.4 Å². The van der Waals surface area contributed by atoms with Crippen molar-refractivity contribution in [2.24, 2.45) is 5.73 Å². The van der Waals surface area contributed by atoms with Gasteiger partial charge in [0.2, 0.25) is 0 Å². The number of aryl methyl sites for hydroxylation is 1. The quantitative estimate of drug-likeness (QED) is 0.737. The third-order valence-electron chi connectivity index (χ3n) is 1.32. The van der Waals surface area contributed by atoms with Crippen molar-refractivity contribution in [2.45, 2.75) is 19.9 Å². The van der Waals surface area contributed by atoms with E-state index in [1.165, 1.54) is 10.4 Å². The van der Waals surface area contributed by atoms with Crippen molar-refractivity contribution < 1.29 is 0 Å². The lowest BCUT2D eigenvalue weighted by Crippen LogP contribution is -1.91. The van der Waals surface area contributed by atoms with Gasteiger partial charge in [-0.25, -0.2) is 0 Å². The molecule has 0 aliphatic carbocycles. The van der Waals surface area contributed by atoms with Crippen molar-refractivity contribution in [1.82, 2.24) is 0 Å². The van der Waals surface area contributed by atoms with Crippen LogP contribution in [0.15, 0.2) is 11.4 Å². The van der Waals surface area contributed by atoms with Crippen molar-refractivity contribution in [3.8, 4) is 0 Å². The van der Waals surface area contributed by atoms with Crippen molar-refractivity contribution in [1.29, 1.82) is 0 Å². The van der Waals surface area contributed by atoms with Crippen LogP contribution in [0.5, 0.6) is 0 Å². The molecule has 1 nitrogen and oxygen atoms in total. The van der Waals surface area contributed by atoms with Crippen LogP contribution in [0.25, 0.3) is 0 Å². The highest BCUT2D eigenvalue weighted by Gasteiger charge is 1.93. The molecule has 0 aromatic carbocycles. The second kappa shape index (κ2) is 4.72. The van der Waals surface area contributed by atoms with Crippen molar-refractivity contribution in [3.63, 3.8) is 0 Å². The average Bonchev–Trinajstić information content (AvgIpc) is 2.34. The minimum atomic E-state index is 0. The monoisotopic (exact) mass is 177 g/mol. The second-order valence-electron chi connectivity index (χ2n) is 1.98. The molecule has 0 aliphatic heterocycles. The predicted molar refractivity (Wildman–Crippen MR) is 48.8 cm³/mol. The Morgan fingerprint density at radius 1 is 1.60 bits per heavy atom. The molecule has 0 amide bonds. The maximum atomic E-state index is 5.43. The highest BCUT2D eigenvalue weighted by atomic mass is 35.5. The van der Waals surface area contributed by atoms with E-state index in [1.54, 1.807) is 11.3 Å². The molecule has 0 bridgehead atoms. The SMILES string of the molecule is CCc1csc(CN)c1.Cl. The van der Waals surface area contributed by atoms with Crippen molar-refractivity contribution in [2.75, 3.05) is 0 Å². The first kappa shape index (κ1) is 9.95. The highest BCUT2D eigenvalue weighted by molar-refractivity contribution is 7.10. The third kappa shape index (κ3) is 2.29. The van der Waals surface area contributed by atoms with Crippen LogP contribution in [0.1, 0.15) is 17.4 Å². The molecule has 0 radical (unpaired) electrons. The lowest BCUT2D eigenvalue weighted by atomic mass is 10.2. The van der Waals surface area contributed by atoms with E-state index in [2.05, 4.69) is 18.4 Å². The number of nitrogens with two attached hydrogens (primary N) is 1.